The molecule has 0 saturated heterocycles. The predicted molar refractivity (Wildman–Crippen MR) is 83.1 cm³/mol. The molecule has 106 valence electrons. The minimum absolute atomic E-state index is 0.0796. The third-order valence-electron chi connectivity index (χ3n) is 3.66. The third-order valence-corrected chi connectivity index (χ3v) is 3.66. The normalized spacial score (nSPS) is 10.8. The number of rotatable bonds is 3. The summed E-state index contributed by atoms with van der Waals surface area (Å²) in [4.78, 5) is 16.7. The quantitative estimate of drug-likeness (QED) is 0.801. The Hall–Kier alpha value is -2.62. The van der Waals surface area contributed by atoms with Crippen LogP contribution in [0.25, 0.3) is 11.0 Å². The first-order valence-electron chi connectivity index (χ1n) is 6.90. The first-order valence-corrected chi connectivity index (χ1v) is 6.90. The fourth-order valence-electron chi connectivity index (χ4n) is 2.34. The smallest absolute Gasteiger partial charge is 0.251 e. The number of carbonyl (C=O) groups excluding carboxylic acids is 1. The molecule has 1 aromatic heterocycles. The van der Waals surface area contributed by atoms with Crippen molar-refractivity contribution in [3.63, 3.8) is 0 Å². The number of nitrogens with one attached hydrogen (secondary N) is 1. The standard InChI is InChI=1S/C17H17N3O/c1-12-19-15-10-14(8-9-16(15)20(12)2)17(21)18-11-13-6-4-3-5-7-13/h3-10H,11H2,1-2H3,(H,18,21). The summed E-state index contributed by atoms with van der Waals surface area (Å²) in [5.74, 6) is 0.857. The highest BCUT2D eigenvalue weighted by Gasteiger charge is 2.09. The van der Waals surface area contributed by atoms with E-state index < -0.39 is 0 Å². The molecule has 1 heterocycles. The van der Waals surface area contributed by atoms with Crippen molar-refractivity contribution in [2.75, 3.05) is 0 Å². The van der Waals surface area contributed by atoms with Crippen molar-refractivity contribution in [2.24, 2.45) is 7.05 Å². The molecule has 0 radical (unpaired) electrons. The van der Waals surface area contributed by atoms with Gasteiger partial charge in [-0.15, -0.1) is 0 Å². The molecule has 4 heteroatoms. The molecule has 0 aliphatic heterocycles. The zero-order chi connectivity index (χ0) is 14.8. The van der Waals surface area contributed by atoms with Crippen molar-refractivity contribution in [3.05, 3.63) is 65.5 Å². The molecule has 0 aliphatic rings. The van der Waals surface area contributed by atoms with Crippen LogP contribution in [0.4, 0.5) is 0 Å². The van der Waals surface area contributed by atoms with Crippen molar-refractivity contribution >= 4 is 16.9 Å². The van der Waals surface area contributed by atoms with Crippen molar-refractivity contribution < 1.29 is 4.79 Å². The van der Waals surface area contributed by atoms with E-state index in [2.05, 4.69) is 10.3 Å². The molecular formula is C17H17N3O. The number of benzene rings is 2. The summed E-state index contributed by atoms with van der Waals surface area (Å²) in [6.07, 6.45) is 0. The summed E-state index contributed by atoms with van der Waals surface area (Å²) < 4.78 is 2.01. The number of nitrogens with zero attached hydrogens (tertiary/aromatic N) is 2. The highest BCUT2D eigenvalue weighted by atomic mass is 16.1. The second-order valence-electron chi connectivity index (χ2n) is 5.09. The van der Waals surface area contributed by atoms with Gasteiger partial charge in [-0.25, -0.2) is 4.98 Å². The number of carbonyl (C=O) groups is 1. The topological polar surface area (TPSA) is 46.9 Å². The number of aromatic nitrogens is 2. The molecule has 0 fully saturated rings. The highest BCUT2D eigenvalue weighted by Crippen LogP contribution is 2.16. The van der Waals surface area contributed by atoms with Gasteiger partial charge >= 0.3 is 0 Å². The monoisotopic (exact) mass is 279 g/mol. The summed E-state index contributed by atoms with van der Waals surface area (Å²) in [5, 5.41) is 2.93. The third kappa shape index (κ3) is 2.65. The molecule has 2 aromatic carbocycles. The van der Waals surface area contributed by atoms with E-state index in [1.807, 2.05) is 67.1 Å². The fraction of sp³-hybridized carbons (Fsp3) is 0.176. The molecule has 0 unspecified atom stereocenters. The maximum Gasteiger partial charge on any atom is 0.251 e. The van der Waals surface area contributed by atoms with Crippen LogP contribution in [0, 0.1) is 6.92 Å². The predicted octanol–water partition coefficient (Wildman–Crippen LogP) is 2.81. The Kier molecular flexibility index (Phi) is 3.44. The lowest BCUT2D eigenvalue weighted by molar-refractivity contribution is 0.0951. The van der Waals surface area contributed by atoms with Gasteiger partial charge in [0.15, 0.2) is 0 Å². The van der Waals surface area contributed by atoms with E-state index in [1.54, 1.807) is 0 Å². The summed E-state index contributed by atoms with van der Waals surface area (Å²) in [7, 11) is 1.97. The molecule has 0 aliphatic carbocycles. The van der Waals surface area contributed by atoms with Crippen molar-refractivity contribution in [1.82, 2.24) is 14.9 Å². The zero-order valence-corrected chi connectivity index (χ0v) is 12.1. The number of hydrogen-bond acceptors (Lipinski definition) is 2. The lowest BCUT2D eigenvalue weighted by Gasteiger charge is -2.05. The fourth-order valence-corrected chi connectivity index (χ4v) is 2.34. The number of aryl methyl sites for hydroxylation is 2. The van der Waals surface area contributed by atoms with Crippen LogP contribution in [0.2, 0.25) is 0 Å². The van der Waals surface area contributed by atoms with Crippen LogP contribution < -0.4 is 5.32 Å². The molecule has 0 saturated carbocycles. The van der Waals surface area contributed by atoms with Gasteiger partial charge in [-0.2, -0.15) is 0 Å². The molecular weight excluding hydrogens is 262 g/mol. The Morgan fingerprint density at radius 2 is 1.95 bits per heavy atom. The second-order valence-corrected chi connectivity index (χ2v) is 5.09. The van der Waals surface area contributed by atoms with Gasteiger partial charge in [0, 0.05) is 19.2 Å². The number of imidazole rings is 1. The largest absolute Gasteiger partial charge is 0.348 e. The lowest BCUT2D eigenvalue weighted by atomic mass is 10.1. The average Bonchev–Trinajstić information content (AvgIpc) is 2.80. The molecule has 0 spiro atoms. The maximum absolute atomic E-state index is 12.2. The Balaban J connectivity index is 1.78. The van der Waals surface area contributed by atoms with Crippen LogP contribution in [0.15, 0.2) is 48.5 Å². The SMILES string of the molecule is Cc1nc2cc(C(=O)NCc3ccccc3)ccc2n1C. The van der Waals surface area contributed by atoms with Crippen LogP contribution in [0.5, 0.6) is 0 Å². The van der Waals surface area contributed by atoms with E-state index in [-0.39, 0.29) is 5.91 Å². The van der Waals surface area contributed by atoms with E-state index in [0.717, 1.165) is 22.4 Å². The van der Waals surface area contributed by atoms with Gasteiger partial charge < -0.3 is 9.88 Å². The van der Waals surface area contributed by atoms with Gasteiger partial charge in [0.25, 0.3) is 5.91 Å². The second kappa shape index (κ2) is 5.40. The first-order chi connectivity index (χ1) is 10.1. The minimum Gasteiger partial charge on any atom is -0.348 e. The molecule has 4 nitrogen and oxygen atoms in total. The molecule has 3 rings (SSSR count). The Morgan fingerprint density at radius 3 is 2.71 bits per heavy atom. The lowest BCUT2D eigenvalue weighted by Crippen LogP contribution is -2.22. The Labute approximate surface area is 123 Å². The van der Waals surface area contributed by atoms with Crippen molar-refractivity contribution in [3.8, 4) is 0 Å². The van der Waals surface area contributed by atoms with Crippen LogP contribution in [0.1, 0.15) is 21.7 Å². The molecule has 0 bridgehead atoms. The van der Waals surface area contributed by atoms with Crippen LogP contribution in [0.3, 0.4) is 0 Å². The van der Waals surface area contributed by atoms with E-state index in [0.29, 0.717) is 12.1 Å². The molecule has 1 N–H and O–H groups in total. The van der Waals surface area contributed by atoms with Gasteiger partial charge in [0.05, 0.1) is 11.0 Å². The van der Waals surface area contributed by atoms with Crippen molar-refractivity contribution in [2.45, 2.75) is 13.5 Å². The van der Waals surface area contributed by atoms with E-state index >= 15 is 0 Å². The van der Waals surface area contributed by atoms with Crippen LogP contribution in [-0.4, -0.2) is 15.5 Å². The molecule has 3 aromatic rings. The summed E-state index contributed by atoms with van der Waals surface area (Å²) in [6, 6.07) is 15.5. The summed E-state index contributed by atoms with van der Waals surface area (Å²) in [6.45, 7) is 2.48. The summed E-state index contributed by atoms with van der Waals surface area (Å²) in [5.41, 5.74) is 3.60. The molecule has 1 amide bonds. The van der Waals surface area contributed by atoms with Gasteiger partial charge in [-0.05, 0) is 30.7 Å². The van der Waals surface area contributed by atoms with Gasteiger partial charge in [-0.1, -0.05) is 30.3 Å². The Bertz CT molecular complexity index is 790. The van der Waals surface area contributed by atoms with E-state index in [1.165, 1.54) is 0 Å². The molecule has 21 heavy (non-hydrogen) atoms. The zero-order valence-electron chi connectivity index (χ0n) is 12.1. The summed E-state index contributed by atoms with van der Waals surface area (Å²) >= 11 is 0. The van der Waals surface area contributed by atoms with Gasteiger partial charge in [-0.3, -0.25) is 4.79 Å². The Morgan fingerprint density at radius 1 is 1.19 bits per heavy atom. The highest BCUT2D eigenvalue weighted by molar-refractivity contribution is 5.97. The van der Waals surface area contributed by atoms with Crippen molar-refractivity contribution in [1.29, 1.82) is 0 Å². The van der Waals surface area contributed by atoms with E-state index in [9.17, 15) is 4.79 Å². The average molecular weight is 279 g/mol. The number of fused-ring (bicyclic) bond motifs is 1. The minimum atomic E-state index is -0.0796. The maximum atomic E-state index is 12.2. The van der Waals surface area contributed by atoms with Gasteiger partial charge in [0.2, 0.25) is 0 Å². The number of amides is 1. The number of hydrogen-bond donors (Lipinski definition) is 1. The van der Waals surface area contributed by atoms with Crippen LogP contribution >= 0.6 is 0 Å². The molecule has 0 atom stereocenters. The first kappa shape index (κ1) is 13.4. The van der Waals surface area contributed by atoms with E-state index in [4.69, 9.17) is 0 Å². The van der Waals surface area contributed by atoms with Crippen LogP contribution in [-0.2, 0) is 13.6 Å². The van der Waals surface area contributed by atoms with Gasteiger partial charge in [0.1, 0.15) is 5.82 Å².